The summed E-state index contributed by atoms with van der Waals surface area (Å²) >= 11 is 0. The number of hydrogen-bond donors (Lipinski definition) is 0. The molecule has 0 aliphatic rings. The topological polar surface area (TPSA) is 30.2 Å². The van der Waals surface area contributed by atoms with Gasteiger partial charge in [-0.15, -0.1) is 0 Å². The van der Waals surface area contributed by atoms with E-state index in [1.165, 1.54) is 5.56 Å². The fourth-order valence-electron chi connectivity index (χ4n) is 2.04. The van der Waals surface area contributed by atoms with Crippen LogP contribution in [0.3, 0.4) is 0 Å². The molecule has 0 unspecified atom stereocenters. The van der Waals surface area contributed by atoms with Gasteiger partial charge in [-0.05, 0) is 30.9 Å². The first kappa shape index (κ1) is 12.6. The molecular weight excluding hydrogens is 224 g/mol. The third kappa shape index (κ3) is 2.70. The van der Waals surface area contributed by atoms with E-state index in [9.17, 15) is 4.79 Å². The summed E-state index contributed by atoms with van der Waals surface area (Å²) in [5, 5.41) is 0. The number of ketones is 1. The SMILES string of the molecule is Cc1occc1C(=O)c1ccc(CC(C)C)cc1. The summed E-state index contributed by atoms with van der Waals surface area (Å²) in [6, 6.07) is 9.57. The van der Waals surface area contributed by atoms with Crippen LogP contribution in [0, 0.1) is 12.8 Å². The maximum atomic E-state index is 12.2. The number of rotatable bonds is 4. The second-order valence-corrected chi connectivity index (χ2v) is 5.01. The van der Waals surface area contributed by atoms with Crippen molar-refractivity contribution in [2.75, 3.05) is 0 Å². The molecule has 0 aliphatic carbocycles. The van der Waals surface area contributed by atoms with E-state index in [1.807, 2.05) is 24.3 Å². The molecule has 0 bridgehead atoms. The van der Waals surface area contributed by atoms with Crippen molar-refractivity contribution in [3.63, 3.8) is 0 Å². The molecule has 94 valence electrons. The molecular formula is C16H18O2. The number of carbonyl (C=O) groups excluding carboxylic acids is 1. The number of carbonyl (C=O) groups is 1. The Hall–Kier alpha value is -1.83. The molecule has 0 atom stereocenters. The second-order valence-electron chi connectivity index (χ2n) is 5.01. The maximum absolute atomic E-state index is 12.2. The molecule has 2 aromatic rings. The molecule has 2 rings (SSSR count). The Morgan fingerprint density at radius 2 is 1.83 bits per heavy atom. The summed E-state index contributed by atoms with van der Waals surface area (Å²) in [7, 11) is 0. The quantitative estimate of drug-likeness (QED) is 0.758. The van der Waals surface area contributed by atoms with Gasteiger partial charge in [0.25, 0.3) is 0 Å². The van der Waals surface area contributed by atoms with Crippen molar-refractivity contribution in [2.45, 2.75) is 27.2 Å². The van der Waals surface area contributed by atoms with Gasteiger partial charge in [-0.3, -0.25) is 4.79 Å². The van der Waals surface area contributed by atoms with Gasteiger partial charge in [-0.25, -0.2) is 0 Å². The molecule has 2 nitrogen and oxygen atoms in total. The lowest BCUT2D eigenvalue weighted by Crippen LogP contribution is -2.02. The van der Waals surface area contributed by atoms with Crippen LogP contribution in [0.1, 0.15) is 41.1 Å². The average molecular weight is 242 g/mol. The molecule has 0 fully saturated rings. The Balaban J connectivity index is 2.20. The molecule has 18 heavy (non-hydrogen) atoms. The Morgan fingerprint density at radius 1 is 1.17 bits per heavy atom. The molecule has 0 amide bonds. The van der Waals surface area contributed by atoms with Crippen LogP contribution >= 0.6 is 0 Å². The highest BCUT2D eigenvalue weighted by molar-refractivity contribution is 6.09. The van der Waals surface area contributed by atoms with Crippen molar-refractivity contribution in [3.8, 4) is 0 Å². The predicted octanol–water partition coefficient (Wildman–Crippen LogP) is 4.02. The van der Waals surface area contributed by atoms with Gasteiger partial charge < -0.3 is 4.42 Å². The van der Waals surface area contributed by atoms with Crippen LogP contribution in [-0.4, -0.2) is 5.78 Å². The first-order valence-electron chi connectivity index (χ1n) is 6.25. The largest absolute Gasteiger partial charge is 0.469 e. The van der Waals surface area contributed by atoms with Gasteiger partial charge in [0, 0.05) is 5.56 Å². The number of furan rings is 1. The highest BCUT2D eigenvalue weighted by Crippen LogP contribution is 2.16. The molecule has 1 aromatic heterocycles. The molecule has 1 heterocycles. The van der Waals surface area contributed by atoms with Crippen LogP contribution in [0.5, 0.6) is 0 Å². The summed E-state index contributed by atoms with van der Waals surface area (Å²) in [5.41, 5.74) is 2.63. The normalized spacial score (nSPS) is 10.9. The van der Waals surface area contributed by atoms with Crippen LogP contribution in [0.25, 0.3) is 0 Å². The van der Waals surface area contributed by atoms with E-state index in [4.69, 9.17) is 4.42 Å². The van der Waals surface area contributed by atoms with E-state index in [0.717, 1.165) is 6.42 Å². The van der Waals surface area contributed by atoms with Crippen LogP contribution in [0.4, 0.5) is 0 Å². The Kier molecular flexibility index (Phi) is 3.66. The average Bonchev–Trinajstić information content (AvgIpc) is 2.75. The van der Waals surface area contributed by atoms with Crippen LogP contribution in [-0.2, 0) is 6.42 Å². The van der Waals surface area contributed by atoms with Gasteiger partial charge in [0.1, 0.15) is 5.76 Å². The van der Waals surface area contributed by atoms with Crippen molar-refractivity contribution in [1.82, 2.24) is 0 Å². The lowest BCUT2D eigenvalue weighted by Gasteiger charge is -2.05. The first-order valence-corrected chi connectivity index (χ1v) is 6.25. The summed E-state index contributed by atoms with van der Waals surface area (Å²) in [5.74, 6) is 1.33. The van der Waals surface area contributed by atoms with Gasteiger partial charge >= 0.3 is 0 Å². The van der Waals surface area contributed by atoms with Crippen molar-refractivity contribution in [1.29, 1.82) is 0 Å². The highest BCUT2D eigenvalue weighted by Gasteiger charge is 2.13. The van der Waals surface area contributed by atoms with E-state index in [0.29, 0.717) is 22.8 Å². The Morgan fingerprint density at radius 3 is 2.33 bits per heavy atom. The Bertz CT molecular complexity index is 532. The molecule has 0 radical (unpaired) electrons. The van der Waals surface area contributed by atoms with E-state index in [-0.39, 0.29) is 5.78 Å². The zero-order valence-electron chi connectivity index (χ0n) is 11.1. The smallest absolute Gasteiger partial charge is 0.196 e. The van der Waals surface area contributed by atoms with Crippen LogP contribution < -0.4 is 0 Å². The second kappa shape index (κ2) is 5.21. The summed E-state index contributed by atoms with van der Waals surface area (Å²) in [4.78, 5) is 12.2. The lowest BCUT2D eigenvalue weighted by atomic mass is 9.99. The highest BCUT2D eigenvalue weighted by atomic mass is 16.3. The standard InChI is InChI=1S/C16H18O2/c1-11(2)10-13-4-6-14(7-5-13)16(17)15-8-9-18-12(15)3/h4-9,11H,10H2,1-3H3. The van der Waals surface area contributed by atoms with Crippen molar-refractivity contribution in [3.05, 3.63) is 59.0 Å². The molecule has 1 aromatic carbocycles. The molecule has 2 heteroatoms. The van der Waals surface area contributed by atoms with Crippen molar-refractivity contribution >= 4 is 5.78 Å². The summed E-state index contributed by atoms with van der Waals surface area (Å²) in [6.45, 7) is 6.18. The summed E-state index contributed by atoms with van der Waals surface area (Å²) < 4.78 is 5.16. The fourth-order valence-corrected chi connectivity index (χ4v) is 2.04. The number of hydrogen-bond acceptors (Lipinski definition) is 2. The summed E-state index contributed by atoms with van der Waals surface area (Å²) in [6.07, 6.45) is 2.59. The monoisotopic (exact) mass is 242 g/mol. The van der Waals surface area contributed by atoms with Crippen LogP contribution in [0.15, 0.2) is 41.0 Å². The zero-order valence-corrected chi connectivity index (χ0v) is 11.1. The maximum Gasteiger partial charge on any atom is 0.196 e. The van der Waals surface area contributed by atoms with Gasteiger partial charge in [-0.1, -0.05) is 38.1 Å². The molecule has 0 N–H and O–H groups in total. The predicted molar refractivity (Wildman–Crippen MR) is 71.9 cm³/mol. The van der Waals surface area contributed by atoms with Crippen molar-refractivity contribution < 1.29 is 9.21 Å². The van der Waals surface area contributed by atoms with E-state index in [1.54, 1.807) is 19.3 Å². The lowest BCUT2D eigenvalue weighted by molar-refractivity contribution is 0.103. The van der Waals surface area contributed by atoms with Crippen molar-refractivity contribution in [2.24, 2.45) is 5.92 Å². The zero-order chi connectivity index (χ0) is 13.1. The minimum atomic E-state index is 0.0253. The molecule has 0 aliphatic heterocycles. The number of benzene rings is 1. The molecule has 0 saturated heterocycles. The fraction of sp³-hybridized carbons (Fsp3) is 0.312. The van der Waals surface area contributed by atoms with E-state index >= 15 is 0 Å². The minimum absolute atomic E-state index is 0.0253. The molecule has 0 spiro atoms. The van der Waals surface area contributed by atoms with E-state index < -0.39 is 0 Å². The van der Waals surface area contributed by atoms with Gasteiger partial charge in [0.2, 0.25) is 0 Å². The van der Waals surface area contributed by atoms with Gasteiger partial charge in [0.15, 0.2) is 5.78 Å². The number of aryl methyl sites for hydroxylation is 1. The third-order valence-corrected chi connectivity index (χ3v) is 2.96. The van der Waals surface area contributed by atoms with Gasteiger partial charge in [0.05, 0.1) is 11.8 Å². The van der Waals surface area contributed by atoms with E-state index in [2.05, 4.69) is 13.8 Å². The third-order valence-electron chi connectivity index (χ3n) is 2.96. The minimum Gasteiger partial charge on any atom is -0.469 e. The van der Waals surface area contributed by atoms with Gasteiger partial charge in [-0.2, -0.15) is 0 Å². The van der Waals surface area contributed by atoms with Crippen LogP contribution in [0.2, 0.25) is 0 Å². The Labute approximate surface area is 108 Å². The molecule has 0 saturated carbocycles. The first-order chi connectivity index (χ1) is 8.58.